The van der Waals surface area contributed by atoms with Crippen molar-refractivity contribution in [3.8, 4) is 22.3 Å². The van der Waals surface area contributed by atoms with Gasteiger partial charge in [-0.25, -0.2) is 0 Å². The lowest BCUT2D eigenvalue weighted by atomic mass is 9.46. The van der Waals surface area contributed by atoms with Crippen molar-refractivity contribution >= 4 is 84.0 Å². The number of hydrogen-bond donors (Lipinski definition) is 0. The van der Waals surface area contributed by atoms with Crippen LogP contribution in [-0.2, 0) is 43.3 Å². The highest BCUT2D eigenvalue weighted by Crippen LogP contribution is 2.57. The van der Waals surface area contributed by atoms with E-state index in [4.69, 9.17) is 0 Å². The van der Waals surface area contributed by atoms with Crippen molar-refractivity contribution in [2.24, 2.45) is 0 Å². The fourth-order valence-corrected chi connectivity index (χ4v) is 18.0. The quantitative estimate of drug-likeness (QED) is 0.154. The molecule has 0 unspecified atom stereocenters. The highest BCUT2D eigenvalue weighted by Gasteiger charge is 2.50. The molecule has 3 heterocycles. The molecule has 0 saturated carbocycles. The molecular weight excluding hydrogens is 1090 g/mol. The average molecular weight is 1190 g/mol. The Morgan fingerprint density at radius 2 is 0.876 bits per heavy atom. The zero-order valence-electron chi connectivity index (χ0n) is 57.4. The van der Waals surface area contributed by atoms with E-state index in [0.717, 1.165) is 36.3 Å². The predicted octanol–water partition coefficient (Wildman–Crippen LogP) is 23.0. The van der Waals surface area contributed by atoms with Crippen LogP contribution in [0.25, 0.3) is 32.3 Å². The summed E-state index contributed by atoms with van der Waals surface area (Å²) in [4.78, 5) is 8.14. The molecule has 89 heavy (non-hydrogen) atoms. The van der Waals surface area contributed by atoms with Crippen LogP contribution in [0, 0.1) is 13.8 Å². The van der Waals surface area contributed by atoms with Gasteiger partial charge in [0.05, 0.1) is 5.69 Å². The van der Waals surface area contributed by atoms with Gasteiger partial charge in [0, 0.05) is 60.2 Å². The molecule has 8 aromatic carbocycles. The number of aryl methyl sites for hydroxylation is 2. The van der Waals surface area contributed by atoms with Gasteiger partial charge in [-0.15, -0.1) is 11.3 Å². The Balaban J connectivity index is 1.13. The molecule has 9 aromatic rings. The highest BCUT2D eigenvalue weighted by molar-refractivity contribution is 7.32. The van der Waals surface area contributed by atoms with Gasteiger partial charge in [0.2, 0.25) is 0 Å². The molecule has 5 heteroatoms. The van der Waals surface area contributed by atoms with Crippen molar-refractivity contribution in [3.05, 3.63) is 201 Å². The third kappa shape index (κ3) is 9.52. The second-order valence-corrected chi connectivity index (χ2v) is 35.0. The Labute approximate surface area is 539 Å². The van der Waals surface area contributed by atoms with Crippen LogP contribution in [0.5, 0.6) is 0 Å². The Kier molecular flexibility index (Phi) is 13.3. The number of thiophene rings is 1. The third-order valence-corrected chi connectivity index (χ3v) is 24.0. The van der Waals surface area contributed by atoms with Crippen molar-refractivity contribution in [2.75, 3.05) is 14.6 Å². The molecule has 5 aliphatic rings. The van der Waals surface area contributed by atoms with Crippen LogP contribution < -0.4 is 24.9 Å². The highest BCUT2D eigenvalue weighted by atomic mass is 32.1. The fraction of sp³-hybridized carbons (Fsp3) is 0.405. The van der Waals surface area contributed by atoms with Crippen molar-refractivity contribution in [2.45, 2.75) is 220 Å². The maximum absolute atomic E-state index is 2.84. The van der Waals surface area contributed by atoms with E-state index in [1.54, 1.807) is 0 Å². The van der Waals surface area contributed by atoms with Gasteiger partial charge < -0.3 is 14.6 Å². The molecule has 0 bridgehead atoms. The summed E-state index contributed by atoms with van der Waals surface area (Å²) in [6.07, 6.45) is 6.99. The molecule has 3 aliphatic carbocycles. The largest absolute Gasteiger partial charge is 0.376 e. The van der Waals surface area contributed by atoms with Crippen molar-refractivity contribution in [1.29, 1.82) is 0 Å². The van der Waals surface area contributed by atoms with E-state index >= 15 is 0 Å². The van der Waals surface area contributed by atoms with Crippen LogP contribution in [-0.4, -0.2) is 6.85 Å². The summed E-state index contributed by atoms with van der Waals surface area (Å²) < 4.78 is 2.79. The molecule has 0 amide bonds. The predicted molar refractivity (Wildman–Crippen MR) is 388 cm³/mol. The number of nitrogens with zero attached hydrogens (tertiary/aromatic N) is 3. The zero-order valence-corrected chi connectivity index (χ0v) is 58.2. The summed E-state index contributed by atoms with van der Waals surface area (Å²) in [5, 5.41) is 1.37. The zero-order chi connectivity index (χ0) is 63.2. The third-order valence-electron chi connectivity index (χ3n) is 22.8. The lowest BCUT2D eigenvalue weighted by Crippen LogP contribution is -2.60. The summed E-state index contributed by atoms with van der Waals surface area (Å²) in [7, 11) is 0. The number of hydrogen-bond acceptors (Lipinski definition) is 4. The van der Waals surface area contributed by atoms with E-state index in [1.165, 1.54) is 146 Å². The summed E-state index contributed by atoms with van der Waals surface area (Å²) in [5.41, 5.74) is 30.8. The number of benzene rings is 8. The molecule has 1 aromatic heterocycles. The van der Waals surface area contributed by atoms with Crippen molar-refractivity contribution in [3.63, 3.8) is 0 Å². The van der Waals surface area contributed by atoms with Crippen LogP contribution in [0.15, 0.2) is 146 Å². The Morgan fingerprint density at radius 3 is 1.38 bits per heavy atom. The van der Waals surface area contributed by atoms with Crippen LogP contribution in [0.3, 0.4) is 0 Å². The Morgan fingerprint density at radius 1 is 0.427 bits per heavy atom. The normalized spacial score (nSPS) is 18.8. The molecule has 0 saturated heterocycles. The molecule has 0 radical (unpaired) electrons. The van der Waals surface area contributed by atoms with Crippen LogP contribution in [0.1, 0.15) is 219 Å². The van der Waals surface area contributed by atoms with Gasteiger partial charge in [0.1, 0.15) is 0 Å². The van der Waals surface area contributed by atoms with Crippen LogP contribution >= 0.6 is 11.3 Å². The maximum atomic E-state index is 2.84. The monoisotopic (exact) mass is 1190 g/mol. The van der Waals surface area contributed by atoms with Crippen LogP contribution in [0.2, 0.25) is 0 Å². The fourth-order valence-electron chi connectivity index (χ4n) is 16.7. The minimum Gasteiger partial charge on any atom is -0.376 e. The van der Waals surface area contributed by atoms with E-state index in [0.29, 0.717) is 0 Å². The second kappa shape index (κ2) is 19.8. The van der Waals surface area contributed by atoms with Crippen molar-refractivity contribution in [1.82, 2.24) is 0 Å². The molecule has 14 rings (SSSR count). The first-order valence-corrected chi connectivity index (χ1v) is 34.4. The number of fused-ring (bicyclic) bond motifs is 9. The minimum absolute atomic E-state index is 0.000456. The standard InChI is InChI=1S/C84H96BN3S/c1-51-22-21-23-52(2)73(51)53-44-62-61-35-32-59(86(56-28-24-54(25-29-56)77(3,4)5)57-30-26-55(27-31-57)78(6,7)8)48-70(61)88(60-34-37-65-67(47-60)82(15,16)41-39-80(65,11)12)85-74(62)71(45-53)87(58-33-36-64-66(46-58)81(13,14)40-38-79(64,9)10)75-63-49-68-69(50-72(63)89-76(75)85)84(19,20)43-42-83(68,17)18/h21-37,44-50H,38-43H2,1-20H3. The maximum Gasteiger partial charge on any atom is 0.343 e. The Hall–Kier alpha value is -6.82. The van der Waals surface area contributed by atoms with Gasteiger partial charge in [0.25, 0.3) is 0 Å². The molecule has 2 aliphatic heterocycles. The number of rotatable bonds is 6. The summed E-state index contributed by atoms with van der Waals surface area (Å²) in [5.74, 6) is 0. The van der Waals surface area contributed by atoms with Gasteiger partial charge >= 0.3 is 6.85 Å². The van der Waals surface area contributed by atoms with Gasteiger partial charge in [0.15, 0.2) is 0 Å². The minimum atomic E-state index is -0.159. The molecule has 3 nitrogen and oxygen atoms in total. The first kappa shape index (κ1) is 59.8. The van der Waals surface area contributed by atoms with E-state index in [2.05, 4.69) is 310 Å². The smallest absolute Gasteiger partial charge is 0.343 e. The van der Waals surface area contributed by atoms with E-state index in [-0.39, 0.29) is 50.2 Å². The SMILES string of the molecule is Cc1cccc(C)c1-c1cc2c3c(c1)N(c1ccc4c(c1)C(C)(C)CCC4(C)C)c1c(sc4cc5c(cc14)C(C)(C)CCC5(C)C)B3N(c1ccc3c(c1)C(C)(C)CCC3(C)C)c1cc(N(c3ccc(C(C)(C)C)cc3)c3ccc(C(C)(C)C)cc3)ccc1-2. The van der Waals surface area contributed by atoms with Gasteiger partial charge in [-0.2, -0.15) is 0 Å². The summed E-state index contributed by atoms with van der Waals surface area (Å²) in [6.45, 7) is 48.3. The van der Waals surface area contributed by atoms with Gasteiger partial charge in [-0.3, -0.25) is 0 Å². The summed E-state index contributed by atoms with van der Waals surface area (Å²) in [6, 6.07) is 59.1. The topological polar surface area (TPSA) is 9.72 Å². The lowest BCUT2D eigenvalue weighted by molar-refractivity contribution is 0.332. The molecule has 0 atom stereocenters. The first-order chi connectivity index (χ1) is 41.6. The number of anilines is 8. The van der Waals surface area contributed by atoms with Gasteiger partial charge in [-0.05, 0) is 258 Å². The average Bonchev–Trinajstić information content (AvgIpc) is 1.66. The molecular formula is C84H96BN3S. The van der Waals surface area contributed by atoms with Crippen molar-refractivity contribution < 1.29 is 0 Å². The molecule has 0 spiro atoms. The first-order valence-electron chi connectivity index (χ1n) is 33.6. The Bertz CT molecular complexity index is 4300. The van der Waals surface area contributed by atoms with E-state index in [1.807, 2.05) is 0 Å². The van der Waals surface area contributed by atoms with Gasteiger partial charge in [-0.1, -0.05) is 185 Å². The molecule has 456 valence electrons. The second-order valence-electron chi connectivity index (χ2n) is 33.9. The molecule has 0 fully saturated rings. The summed E-state index contributed by atoms with van der Waals surface area (Å²) >= 11 is 2.06. The molecule has 0 N–H and O–H groups in total. The lowest BCUT2D eigenvalue weighted by Gasteiger charge is -2.47. The van der Waals surface area contributed by atoms with E-state index < -0.39 is 0 Å². The van der Waals surface area contributed by atoms with E-state index in [9.17, 15) is 0 Å². The van der Waals surface area contributed by atoms with Crippen LogP contribution in [0.4, 0.5) is 45.5 Å².